The van der Waals surface area contributed by atoms with Gasteiger partial charge in [-0.05, 0) is 31.0 Å². The molecule has 1 rings (SSSR count). The maximum atomic E-state index is 5.37. The largest absolute Gasteiger partial charge is 0.372 e. The second-order valence-electron chi connectivity index (χ2n) is 3.24. The number of terminal acetylenes is 1. The standard InChI is InChI=1S/C12H14BrN/c1-4-10(5-2)14-11-7-6-9(3)12(13)8-11/h1,6-8,10,14H,5H2,2-3H3. The summed E-state index contributed by atoms with van der Waals surface area (Å²) in [5.74, 6) is 2.71. The molecule has 1 unspecified atom stereocenters. The van der Waals surface area contributed by atoms with Gasteiger partial charge in [0.05, 0.1) is 6.04 Å². The summed E-state index contributed by atoms with van der Waals surface area (Å²) in [4.78, 5) is 0. The zero-order valence-corrected chi connectivity index (χ0v) is 10.1. The van der Waals surface area contributed by atoms with E-state index >= 15 is 0 Å². The highest BCUT2D eigenvalue weighted by Gasteiger charge is 2.02. The summed E-state index contributed by atoms with van der Waals surface area (Å²) >= 11 is 3.49. The van der Waals surface area contributed by atoms with E-state index < -0.39 is 0 Å². The summed E-state index contributed by atoms with van der Waals surface area (Å²) in [5.41, 5.74) is 2.29. The Morgan fingerprint density at radius 1 is 1.57 bits per heavy atom. The fourth-order valence-electron chi connectivity index (χ4n) is 1.15. The zero-order chi connectivity index (χ0) is 10.6. The third-order valence-electron chi connectivity index (χ3n) is 2.12. The number of hydrogen-bond donors (Lipinski definition) is 1. The molecule has 0 aliphatic carbocycles. The van der Waals surface area contributed by atoms with Crippen LogP contribution >= 0.6 is 15.9 Å². The Labute approximate surface area is 94.0 Å². The van der Waals surface area contributed by atoms with E-state index in [1.54, 1.807) is 0 Å². The summed E-state index contributed by atoms with van der Waals surface area (Å²) in [7, 11) is 0. The van der Waals surface area contributed by atoms with Crippen molar-refractivity contribution in [3.63, 3.8) is 0 Å². The van der Waals surface area contributed by atoms with Crippen LogP contribution in [0.2, 0.25) is 0 Å². The number of nitrogens with one attached hydrogen (secondary N) is 1. The molecule has 1 N–H and O–H groups in total. The van der Waals surface area contributed by atoms with E-state index in [1.807, 2.05) is 6.07 Å². The molecule has 0 bridgehead atoms. The van der Waals surface area contributed by atoms with Gasteiger partial charge in [0.1, 0.15) is 0 Å². The molecular formula is C12H14BrN. The number of halogens is 1. The molecular weight excluding hydrogens is 238 g/mol. The van der Waals surface area contributed by atoms with Crippen LogP contribution in [0.1, 0.15) is 18.9 Å². The van der Waals surface area contributed by atoms with Gasteiger partial charge in [-0.15, -0.1) is 6.42 Å². The van der Waals surface area contributed by atoms with Gasteiger partial charge in [0.15, 0.2) is 0 Å². The summed E-state index contributed by atoms with van der Waals surface area (Å²) in [6.07, 6.45) is 6.31. The Bertz CT molecular complexity index is 352. The molecule has 0 radical (unpaired) electrons. The van der Waals surface area contributed by atoms with Crippen LogP contribution in [-0.2, 0) is 0 Å². The molecule has 1 nitrogen and oxygen atoms in total. The van der Waals surface area contributed by atoms with Crippen molar-refractivity contribution in [1.82, 2.24) is 0 Å². The van der Waals surface area contributed by atoms with E-state index in [9.17, 15) is 0 Å². The summed E-state index contributed by atoms with van der Waals surface area (Å²) in [6, 6.07) is 6.27. The van der Waals surface area contributed by atoms with Crippen molar-refractivity contribution in [3.8, 4) is 12.3 Å². The fourth-order valence-corrected chi connectivity index (χ4v) is 1.52. The minimum absolute atomic E-state index is 0.115. The van der Waals surface area contributed by atoms with E-state index in [0.717, 1.165) is 16.6 Å². The van der Waals surface area contributed by atoms with Crippen LogP contribution in [0, 0.1) is 19.3 Å². The molecule has 0 saturated heterocycles. The summed E-state index contributed by atoms with van der Waals surface area (Å²) in [5, 5.41) is 3.28. The molecule has 0 aliphatic heterocycles. The minimum Gasteiger partial charge on any atom is -0.372 e. The molecule has 14 heavy (non-hydrogen) atoms. The van der Waals surface area contributed by atoms with Crippen LogP contribution < -0.4 is 5.32 Å². The number of benzene rings is 1. The van der Waals surface area contributed by atoms with Crippen LogP contribution in [0.15, 0.2) is 22.7 Å². The SMILES string of the molecule is C#CC(CC)Nc1ccc(C)c(Br)c1. The molecule has 0 fully saturated rings. The van der Waals surface area contributed by atoms with E-state index in [4.69, 9.17) is 6.42 Å². The molecule has 1 atom stereocenters. The van der Waals surface area contributed by atoms with Crippen molar-refractivity contribution in [2.75, 3.05) is 5.32 Å². The number of aryl methyl sites for hydroxylation is 1. The first-order chi connectivity index (χ1) is 6.67. The minimum atomic E-state index is 0.115. The number of rotatable bonds is 3. The molecule has 0 aliphatic rings. The van der Waals surface area contributed by atoms with E-state index in [0.29, 0.717) is 0 Å². The van der Waals surface area contributed by atoms with Gasteiger partial charge >= 0.3 is 0 Å². The molecule has 0 amide bonds. The van der Waals surface area contributed by atoms with Gasteiger partial charge in [-0.1, -0.05) is 34.8 Å². The van der Waals surface area contributed by atoms with Crippen molar-refractivity contribution in [1.29, 1.82) is 0 Å². The van der Waals surface area contributed by atoms with Crippen LogP contribution in [0.25, 0.3) is 0 Å². The molecule has 0 heterocycles. The van der Waals surface area contributed by atoms with Gasteiger partial charge in [-0.25, -0.2) is 0 Å². The molecule has 74 valence electrons. The van der Waals surface area contributed by atoms with E-state index in [2.05, 4.69) is 53.1 Å². The van der Waals surface area contributed by atoms with Gasteiger partial charge in [-0.2, -0.15) is 0 Å². The second kappa shape index (κ2) is 5.07. The number of anilines is 1. The zero-order valence-electron chi connectivity index (χ0n) is 8.47. The van der Waals surface area contributed by atoms with Crippen molar-refractivity contribution in [2.45, 2.75) is 26.3 Å². The quantitative estimate of drug-likeness (QED) is 0.811. The molecule has 0 aromatic heterocycles. The van der Waals surface area contributed by atoms with Crippen LogP contribution in [0.3, 0.4) is 0 Å². The fraction of sp³-hybridized carbons (Fsp3) is 0.333. The summed E-state index contributed by atoms with van der Waals surface area (Å²) in [6.45, 7) is 4.13. The first-order valence-corrected chi connectivity index (χ1v) is 5.45. The van der Waals surface area contributed by atoms with E-state index in [-0.39, 0.29) is 6.04 Å². The van der Waals surface area contributed by atoms with Crippen molar-refractivity contribution in [2.24, 2.45) is 0 Å². The lowest BCUT2D eigenvalue weighted by molar-refractivity contribution is 0.857. The topological polar surface area (TPSA) is 12.0 Å². The first kappa shape index (κ1) is 11.1. The monoisotopic (exact) mass is 251 g/mol. The highest BCUT2D eigenvalue weighted by atomic mass is 79.9. The lowest BCUT2D eigenvalue weighted by Gasteiger charge is -2.12. The van der Waals surface area contributed by atoms with Crippen LogP contribution in [0.5, 0.6) is 0 Å². The Morgan fingerprint density at radius 3 is 2.79 bits per heavy atom. The van der Waals surface area contributed by atoms with Crippen LogP contribution in [0.4, 0.5) is 5.69 Å². The van der Waals surface area contributed by atoms with Gasteiger partial charge in [0.2, 0.25) is 0 Å². The third kappa shape index (κ3) is 2.78. The Hall–Kier alpha value is -0.940. The van der Waals surface area contributed by atoms with Crippen molar-refractivity contribution in [3.05, 3.63) is 28.2 Å². The first-order valence-electron chi connectivity index (χ1n) is 4.66. The molecule has 0 saturated carbocycles. The van der Waals surface area contributed by atoms with Gasteiger partial charge in [0, 0.05) is 10.2 Å². The highest BCUT2D eigenvalue weighted by molar-refractivity contribution is 9.10. The van der Waals surface area contributed by atoms with Crippen LogP contribution in [-0.4, -0.2) is 6.04 Å². The molecule has 2 heteroatoms. The van der Waals surface area contributed by atoms with Crippen molar-refractivity contribution >= 4 is 21.6 Å². The predicted octanol–water partition coefficient (Wildman–Crippen LogP) is 3.58. The molecule has 1 aromatic carbocycles. The Morgan fingerprint density at radius 2 is 2.29 bits per heavy atom. The third-order valence-corrected chi connectivity index (χ3v) is 2.98. The average Bonchev–Trinajstić information content (AvgIpc) is 2.19. The normalized spacial score (nSPS) is 11.9. The molecule has 0 spiro atoms. The predicted molar refractivity (Wildman–Crippen MR) is 65.4 cm³/mol. The highest BCUT2D eigenvalue weighted by Crippen LogP contribution is 2.21. The van der Waals surface area contributed by atoms with Gasteiger partial charge in [0.25, 0.3) is 0 Å². The average molecular weight is 252 g/mol. The lowest BCUT2D eigenvalue weighted by Crippen LogP contribution is -2.15. The maximum absolute atomic E-state index is 5.37. The number of hydrogen-bond acceptors (Lipinski definition) is 1. The van der Waals surface area contributed by atoms with Crippen molar-refractivity contribution < 1.29 is 0 Å². The smallest absolute Gasteiger partial charge is 0.0871 e. The Kier molecular flexibility index (Phi) is 4.03. The maximum Gasteiger partial charge on any atom is 0.0871 e. The van der Waals surface area contributed by atoms with Gasteiger partial charge < -0.3 is 5.32 Å². The second-order valence-corrected chi connectivity index (χ2v) is 4.09. The Balaban J connectivity index is 2.78. The summed E-state index contributed by atoms with van der Waals surface area (Å²) < 4.78 is 1.11. The molecule has 1 aromatic rings. The van der Waals surface area contributed by atoms with E-state index in [1.165, 1.54) is 5.56 Å². The van der Waals surface area contributed by atoms with Gasteiger partial charge in [-0.3, -0.25) is 0 Å². The lowest BCUT2D eigenvalue weighted by atomic mass is 10.2.